The van der Waals surface area contributed by atoms with Gasteiger partial charge in [0.25, 0.3) is 5.91 Å². The number of fused-ring (bicyclic) bond motifs is 1. The molecular weight excluding hydrogens is 336 g/mol. The Balaban J connectivity index is 2.08. The van der Waals surface area contributed by atoms with Crippen LogP contribution in [0.5, 0.6) is 0 Å². The van der Waals surface area contributed by atoms with Crippen molar-refractivity contribution in [2.24, 2.45) is 0 Å². The van der Waals surface area contributed by atoms with Gasteiger partial charge in [0.1, 0.15) is 0 Å². The van der Waals surface area contributed by atoms with E-state index in [2.05, 4.69) is 10.0 Å². The molecule has 118 valence electrons. The third-order valence-electron chi connectivity index (χ3n) is 3.51. The van der Waals surface area contributed by atoms with Gasteiger partial charge in [-0.05, 0) is 49.0 Å². The van der Waals surface area contributed by atoms with Crippen LogP contribution in [0.2, 0.25) is 5.02 Å². The predicted molar refractivity (Wildman–Crippen MR) is 90.6 cm³/mol. The Labute approximate surface area is 139 Å². The number of anilines is 1. The lowest BCUT2D eigenvalue weighted by molar-refractivity contribution is -0.110. The normalized spacial score (nSPS) is 15.6. The molecule has 2 N–H and O–H groups in total. The van der Waals surface area contributed by atoms with Crippen molar-refractivity contribution in [3.05, 3.63) is 58.6 Å². The lowest BCUT2D eigenvalue weighted by Gasteiger charge is -2.04. The molecule has 0 bridgehead atoms. The van der Waals surface area contributed by atoms with Gasteiger partial charge >= 0.3 is 0 Å². The molecule has 0 fully saturated rings. The molecule has 1 aliphatic rings. The first kappa shape index (κ1) is 15.7. The van der Waals surface area contributed by atoms with Crippen LogP contribution >= 0.6 is 11.6 Å². The molecule has 0 aliphatic carbocycles. The summed E-state index contributed by atoms with van der Waals surface area (Å²) in [5.74, 6) is -0.246. The van der Waals surface area contributed by atoms with Crippen LogP contribution in [0.1, 0.15) is 11.1 Å². The van der Waals surface area contributed by atoms with Gasteiger partial charge in [-0.3, -0.25) is 4.79 Å². The zero-order chi connectivity index (χ0) is 16.6. The number of hydrogen-bond donors (Lipinski definition) is 2. The number of benzene rings is 2. The molecule has 1 aliphatic heterocycles. The first-order chi connectivity index (χ1) is 10.9. The molecule has 2 aromatic rings. The van der Waals surface area contributed by atoms with Gasteiger partial charge in [-0.2, -0.15) is 0 Å². The second-order valence-corrected chi connectivity index (χ2v) is 7.31. The quantitative estimate of drug-likeness (QED) is 0.837. The highest BCUT2D eigenvalue weighted by Gasteiger charge is 2.24. The maximum Gasteiger partial charge on any atom is 0.256 e. The SMILES string of the molecule is CNS(=O)(=O)c1cccc(C=C2C(=O)Nc3ccc(Cl)cc32)c1. The molecule has 7 heteroatoms. The Bertz CT molecular complexity index is 936. The molecule has 0 saturated carbocycles. The lowest BCUT2D eigenvalue weighted by atomic mass is 10.0. The van der Waals surface area contributed by atoms with Gasteiger partial charge in [0.2, 0.25) is 10.0 Å². The number of carbonyl (C=O) groups is 1. The van der Waals surface area contributed by atoms with Crippen LogP contribution in [0.4, 0.5) is 5.69 Å². The number of amides is 1. The monoisotopic (exact) mass is 348 g/mol. The molecule has 0 spiro atoms. The molecule has 3 rings (SSSR count). The van der Waals surface area contributed by atoms with Gasteiger partial charge in [0.15, 0.2) is 0 Å². The van der Waals surface area contributed by atoms with Crippen molar-refractivity contribution < 1.29 is 13.2 Å². The molecule has 1 amide bonds. The predicted octanol–water partition coefficient (Wildman–Crippen LogP) is 2.74. The van der Waals surface area contributed by atoms with E-state index in [0.717, 1.165) is 0 Å². The minimum atomic E-state index is -3.54. The van der Waals surface area contributed by atoms with Crippen molar-refractivity contribution in [1.82, 2.24) is 4.72 Å². The van der Waals surface area contributed by atoms with Gasteiger partial charge in [-0.15, -0.1) is 0 Å². The number of halogens is 1. The highest BCUT2D eigenvalue weighted by Crippen LogP contribution is 2.35. The summed E-state index contributed by atoms with van der Waals surface area (Å²) in [7, 11) is -2.19. The second-order valence-electron chi connectivity index (χ2n) is 4.98. The molecule has 0 radical (unpaired) electrons. The van der Waals surface area contributed by atoms with Crippen molar-refractivity contribution in [3.8, 4) is 0 Å². The maximum absolute atomic E-state index is 12.1. The van der Waals surface area contributed by atoms with Crippen LogP contribution in [-0.2, 0) is 14.8 Å². The third kappa shape index (κ3) is 3.01. The standard InChI is InChI=1S/C16H13ClN2O3S/c1-18-23(21,22)12-4-2-3-10(7-12)8-14-13-9-11(17)5-6-15(13)19-16(14)20/h2-9,18H,1H3,(H,19,20). The van der Waals surface area contributed by atoms with Crippen LogP contribution < -0.4 is 10.0 Å². The first-order valence-electron chi connectivity index (χ1n) is 6.77. The highest BCUT2D eigenvalue weighted by atomic mass is 35.5. The minimum absolute atomic E-state index is 0.138. The van der Waals surface area contributed by atoms with Gasteiger partial charge < -0.3 is 5.32 Å². The van der Waals surface area contributed by atoms with Crippen molar-refractivity contribution >= 4 is 44.9 Å². The topological polar surface area (TPSA) is 75.3 Å². The van der Waals surface area contributed by atoms with E-state index in [0.29, 0.717) is 27.4 Å². The van der Waals surface area contributed by atoms with Crippen LogP contribution in [0.3, 0.4) is 0 Å². The average molecular weight is 349 g/mol. The number of sulfonamides is 1. The minimum Gasteiger partial charge on any atom is -0.321 e. The maximum atomic E-state index is 12.1. The lowest BCUT2D eigenvalue weighted by Crippen LogP contribution is -2.18. The van der Waals surface area contributed by atoms with Gasteiger partial charge in [-0.25, -0.2) is 13.1 Å². The summed E-state index contributed by atoms with van der Waals surface area (Å²) in [6, 6.07) is 11.5. The highest BCUT2D eigenvalue weighted by molar-refractivity contribution is 7.89. The third-order valence-corrected chi connectivity index (χ3v) is 5.16. The van der Waals surface area contributed by atoms with E-state index in [-0.39, 0.29) is 10.8 Å². The molecule has 2 aromatic carbocycles. The fourth-order valence-electron chi connectivity index (χ4n) is 2.36. The van der Waals surface area contributed by atoms with Gasteiger partial charge in [0, 0.05) is 21.8 Å². The molecule has 0 unspecified atom stereocenters. The number of nitrogens with one attached hydrogen (secondary N) is 2. The Hall–Kier alpha value is -2.15. The summed E-state index contributed by atoms with van der Waals surface area (Å²) >= 11 is 5.99. The van der Waals surface area contributed by atoms with E-state index in [9.17, 15) is 13.2 Å². The summed E-state index contributed by atoms with van der Waals surface area (Å²) in [6.45, 7) is 0. The van der Waals surface area contributed by atoms with Crippen molar-refractivity contribution in [3.63, 3.8) is 0 Å². The fourth-order valence-corrected chi connectivity index (χ4v) is 3.32. The molecule has 0 aromatic heterocycles. The average Bonchev–Trinajstić information content (AvgIpc) is 2.83. The molecule has 23 heavy (non-hydrogen) atoms. The summed E-state index contributed by atoms with van der Waals surface area (Å²) in [6.07, 6.45) is 1.65. The summed E-state index contributed by atoms with van der Waals surface area (Å²) in [4.78, 5) is 12.3. The Kier molecular flexibility index (Phi) is 3.97. The largest absolute Gasteiger partial charge is 0.321 e. The van der Waals surface area contributed by atoms with E-state index < -0.39 is 10.0 Å². The Morgan fingerprint density at radius 1 is 1.17 bits per heavy atom. The number of hydrogen-bond acceptors (Lipinski definition) is 3. The van der Waals surface area contributed by atoms with Crippen molar-refractivity contribution in [2.45, 2.75) is 4.90 Å². The summed E-state index contributed by atoms with van der Waals surface area (Å²) in [5.41, 5.74) is 2.44. The smallest absolute Gasteiger partial charge is 0.256 e. The van der Waals surface area contributed by atoms with Crippen LogP contribution in [0.15, 0.2) is 47.4 Å². The van der Waals surface area contributed by atoms with E-state index in [4.69, 9.17) is 11.6 Å². The van der Waals surface area contributed by atoms with Gasteiger partial charge in [-0.1, -0.05) is 23.7 Å². The second kappa shape index (κ2) is 5.81. The zero-order valence-corrected chi connectivity index (χ0v) is 13.7. The van der Waals surface area contributed by atoms with E-state index >= 15 is 0 Å². The zero-order valence-electron chi connectivity index (χ0n) is 12.1. The number of carbonyl (C=O) groups excluding carboxylic acids is 1. The van der Waals surface area contributed by atoms with Crippen LogP contribution in [-0.4, -0.2) is 21.4 Å². The Morgan fingerprint density at radius 2 is 1.96 bits per heavy atom. The molecular formula is C16H13ClN2O3S. The first-order valence-corrected chi connectivity index (χ1v) is 8.63. The fraction of sp³-hybridized carbons (Fsp3) is 0.0625. The van der Waals surface area contributed by atoms with Crippen LogP contribution in [0, 0.1) is 0 Å². The molecule has 0 saturated heterocycles. The van der Waals surface area contributed by atoms with Crippen molar-refractivity contribution in [2.75, 3.05) is 12.4 Å². The summed E-state index contributed by atoms with van der Waals surface area (Å²) < 4.78 is 26.0. The molecule has 0 atom stereocenters. The Morgan fingerprint density at radius 3 is 2.70 bits per heavy atom. The molecule has 5 nitrogen and oxygen atoms in total. The van der Waals surface area contributed by atoms with Gasteiger partial charge in [0.05, 0.1) is 4.90 Å². The van der Waals surface area contributed by atoms with Crippen LogP contribution in [0.25, 0.3) is 11.6 Å². The number of rotatable bonds is 3. The summed E-state index contributed by atoms with van der Waals surface area (Å²) in [5, 5.41) is 3.28. The van der Waals surface area contributed by atoms with E-state index in [1.807, 2.05) is 0 Å². The van der Waals surface area contributed by atoms with E-state index in [1.54, 1.807) is 36.4 Å². The molecule has 1 heterocycles. The van der Waals surface area contributed by atoms with E-state index in [1.165, 1.54) is 19.2 Å². The van der Waals surface area contributed by atoms with Crippen molar-refractivity contribution in [1.29, 1.82) is 0 Å².